The Kier molecular flexibility index (Phi) is 3.97. The number of amides is 1. The van der Waals surface area contributed by atoms with Gasteiger partial charge in [-0.25, -0.2) is 14.3 Å². The van der Waals surface area contributed by atoms with Crippen molar-refractivity contribution in [3.8, 4) is 0 Å². The first kappa shape index (κ1) is 14.0. The van der Waals surface area contributed by atoms with Gasteiger partial charge in [-0.1, -0.05) is 13.8 Å². The Hall–Kier alpha value is -2.44. The van der Waals surface area contributed by atoms with Crippen LogP contribution in [0, 0.1) is 5.92 Å². The minimum atomic E-state index is -1.04. The third-order valence-corrected chi connectivity index (χ3v) is 2.83. The smallest absolute Gasteiger partial charge is 0.326 e. The first-order valence-corrected chi connectivity index (χ1v) is 6.31. The Bertz CT molecular complexity index is 635. The summed E-state index contributed by atoms with van der Waals surface area (Å²) in [5, 5.41) is 15.6. The van der Waals surface area contributed by atoms with E-state index in [1.165, 1.54) is 10.7 Å². The van der Waals surface area contributed by atoms with Crippen molar-refractivity contribution in [3.63, 3.8) is 0 Å². The van der Waals surface area contributed by atoms with Gasteiger partial charge in [0.1, 0.15) is 11.6 Å². The van der Waals surface area contributed by atoms with Gasteiger partial charge in [-0.3, -0.25) is 4.79 Å². The predicted molar refractivity (Wildman–Crippen MR) is 71.3 cm³/mol. The standard InChI is InChI=1S/C13H16N4O3/c1-8(2)6-10(13(19)20)16-12(18)9-7-15-17-5-3-4-14-11(9)17/h3-5,7-8,10H,6H2,1-2H3,(H,16,18)(H,19,20)/t10-/m1/s1. The van der Waals surface area contributed by atoms with Crippen LogP contribution in [-0.2, 0) is 4.79 Å². The van der Waals surface area contributed by atoms with Crippen LogP contribution in [0.5, 0.6) is 0 Å². The lowest BCUT2D eigenvalue weighted by atomic mass is 10.0. The van der Waals surface area contributed by atoms with E-state index >= 15 is 0 Å². The molecule has 7 nitrogen and oxygen atoms in total. The quantitative estimate of drug-likeness (QED) is 0.847. The van der Waals surface area contributed by atoms with E-state index < -0.39 is 17.9 Å². The molecule has 0 unspecified atom stereocenters. The zero-order valence-electron chi connectivity index (χ0n) is 11.3. The lowest BCUT2D eigenvalue weighted by Crippen LogP contribution is -2.41. The van der Waals surface area contributed by atoms with Crippen molar-refractivity contribution in [3.05, 3.63) is 30.2 Å². The number of aromatic nitrogens is 3. The van der Waals surface area contributed by atoms with Crippen molar-refractivity contribution in [2.45, 2.75) is 26.3 Å². The maximum Gasteiger partial charge on any atom is 0.326 e. The number of carboxylic acid groups (broad SMARTS) is 1. The fraction of sp³-hybridized carbons (Fsp3) is 0.385. The Morgan fingerprint density at radius 3 is 2.85 bits per heavy atom. The van der Waals surface area contributed by atoms with Gasteiger partial charge in [0.15, 0.2) is 5.65 Å². The lowest BCUT2D eigenvalue weighted by molar-refractivity contribution is -0.139. The number of hydrogen-bond donors (Lipinski definition) is 2. The molecule has 0 spiro atoms. The number of hydrogen-bond acceptors (Lipinski definition) is 4. The third-order valence-electron chi connectivity index (χ3n) is 2.83. The summed E-state index contributed by atoms with van der Waals surface area (Å²) < 4.78 is 1.47. The molecular weight excluding hydrogens is 260 g/mol. The number of nitrogens with zero attached hydrogens (tertiary/aromatic N) is 3. The predicted octanol–water partition coefficient (Wildman–Crippen LogP) is 0.958. The van der Waals surface area contributed by atoms with Gasteiger partial charge in [-0.2, -0.15) is 5.10 Å². The highest BCUT2D eigenvalue weighted by atomic mass is 16.4. The summed E-state index contributed by atoms with van der Waals surface area (Å²) in [5.74, 6) is -1.36. The van der Waals surface area contributed by atoms with E-state index in [1.807, 2.05) is 13.8 Å². The minimum Gasteiger partial charge on any atom is -0.480 e. The van der Waals surface area contributed by atoms with E-state index in [9.17, 15) is 9.59 Å². The largest absolute Gasteiger partial charge is 0.480 e. The summed E-state index contributed by atoms with van der Waals surface area (Å²) in [6.07, 6.45) is 4.97. The molecule has 2 rings (SSSR count). The van der Waals surface area contributed by atoms with E-state index in [0.717, 1.165) is 0 Å². The molecule has 1 amide bonds. The second-order valence-corrected chi connectivity index (χ2v) is 4.94. The monoisotopic (exact) mass is 276 g/mol. The summed E-state index contributed by atoms with van der Waals surface area (Å²) in [5.41, 5.74) is 0.666. The van der Waals surface area contributed by atoms with Gasteiger partial charge >= 0.3 is 5.97 Å². The molecule has 2 aromatic heterocycles. The molecule has 106 valence electrons. The highest BCUT2D eigenvalue weighted by Gasteiger charge is 2.23. The van der Waals surface area contributed by atoms with E-state index in [2.05, 4.69) is 15.4 Å². The molecule has 0 aromatic carbocycles. The Labute approximate surface area is 115 Å². The molecule has 0 aliphatic rings. The highest BCUT2D eigenvalue weighted by Crippen LogP contribution is 2.09. The third kappa shape index (κ3) is 2.93. The first-order valence-electron chi connectivity index (χ1n) is 6.31. The van der Waals surface area contributed by atoms with Gasteiger partial charge in [0.2, 0.25) is 0 Å². The normalized spacial score (nSPS) is 12.6. The zero-order chi connectivity index (χ0) is 14.7. The van der Waals surface area contributed by atoms with E-state index in [4.69, 9.17) is 5.11 Å². The molecule has 20 heavy (non-hydrogen) atoms. The summed E-state index contributed by atoms with van der Waals surface area (Å²) in [7, 11) is 0. The number of carbonyl (C=O) groups excluding carboxylic acids is 1. The zero-order valence-corrected chi connectivity index (χ0v) is 11.3. The van der Waals surface area contributed by atoms with Crippen LogP contribution >= 0.6 is 0 Å². The number of carboxylic acids is 1. The van der Waals surface area contributed by atoms with Crippen LogP contribution in [0.25, 0.3) is 5.65 Å². The molecule has 1 atom stereocenters. The van der Waals surface area contributed by atoms with Gasteiger partial charge in [0.05, 0.1) is 6.20 Å². The van der Waals surface area contributed by atoms with Crippen LogP contribution in [0.15, 0.2) is 24.7 Å². The Morgan fingerprint density at radius 1 is 1.45 bits per heavy atom. The van der Waals surface area contributed by atoms with E-state index in [1.54, 1.807) is 18.5 Å². The average molecular weight is 276 g/mol. The van der Waals surface area contributed by atoms with E-state index in [0.29, 0.717) is 12.1 Å². The second-order valence-electron chi connectivity index (χ2n) is 4.94. The maximum absolute atomic E-state index is 12.1. The van der Waals surface area contributed by atoms with Gasteiger partial charge in [-0.15, -0.1) is 0 Å². The summed E-state index contributed by atoms with van der Waals surface area (Å²) in [6, 6.07) is 0.779. The molecule has 2 heterocycles. The fourth-order valence-electron chi connectivity index (χ4n) is 1.92. The fourth-order valence-corrected chi connectivity index (χ4v) is 1.92. The number of nitrogens with one attached hydrogen (secondary N) is 1. The summed E-state index contributed by atoms with van der Waals surface area (Å²) in [4.78, 5) is 27.4. The van der Waals surface area contributed by atoms with Crippen molar-refractivity contribution < 1.29 is 14.7 Å². The number of carbonyl (C=O) groups is 2. The Balaban J connectivity index is 2.20. The molecule has 0 aliphatic carbocycles. The minimum absolute atomic E-state index is 0.165. The van der Waals surface area contributed by atoms with Crippen LogP contribution in [-0.4, -0.2) is 37.6 Å². The molecule has 0 saturated carbocycles. The van der Waals surface area contributed by atoms with Gasteiger partial charge in [-0.05, 0) is 18.4 Å². The second kappa shape index (κ2) is 5.68. The van der Waals surface area contributed by atoms with Crippen molar-refractivity contribution in [1.29, 1.82) is 0 Å². The van der Waals surface area contributed by atoms with Crippen LogP contribution < -0.4 is 5.32 Å². The van der Waals surface area contributed by atoms with Crippen LogP contribution in [0.2, 0.25) is 0 Å². The highest BCUT2D eigenvalue weighted by molar-refractivity contribution is 6.01. The molecule has 7 heteroatoms. The molecule has 0 radical (unpaired) electrons. The van der Waals surface area contributed by atoms with Gasteiger partial charge < -0.3 is 10.4 Å². The topological polar surface area (TPSA) is 96.6 Å². The molecule has 0 bridgehead atoms. The van der Waals surface area contributed by atoms with Crippen LogP contribution in [0.1, 0.15) is 30.6 Å². The van der Waals surface area contributed by atoms with Gasteiger partial charge in [0.25, 0.3) is 5.91 Å². The van der Waals surface area contributed by atoms with Crippen LogP contribution in [0.4, 0.5) is 0 Å². The molecule has 0 saturated heterocycles. The van der Waals surface area contributed by atoms with Crippen molar-refractivity contribution in [1.82, 2.24) is 19.9 Å². The molecule has 2 N–H and O–H groups in total. The van der Waals surface area contributed by atoms with Crippen LogP contribution in [0.3, 0.4) is 0 Å². The number of aliphatic carboxylic acids is 1. The maximum atomic E-state index is 12.1. The SMILES string of the molecule is CC(C)C[C@@H](NC(=O)c1cnn2cccnc12)C(=O)O. The molecule has 0 aliphatic heterocycles. The van der Waals surface area contributed by atoms with E-state index in [-0.39, 0.29) is 11.5 Å². The lowest BCUT2D eigenvalue weighted by Gasteiger charge is -2.15. The average Bonchev–Trinajstić information content (AvgIpc) is 2.81. The number of fused-ring (bicyclic) bond motifs is 1. The Morgan fingerprint density at radius 2 is 2.20 bits per heavy atom. The van der Waals surface area contributed by atoms with Crippen molar-refractivity contribution in [2.75, 3.05) is 0 Å². The van der Waals surface area contributed by atoms with Crippen molar-refractivity contribution >= 4 is 17.5 Å². The summed E-state index contributed by atoms with van der Waals surface area (Å²) >= 11 is 0. The molecule has 2 aromatic rings. The number of rotatable bonds is 5. The molecular formula is C13H16N4O3. The first-order chi connectivity index (χ1) is 9.49. The van der Waals surface area contributed by atoms with Gasteiger partial charge in [0, 0.05) is 12.4 Å². The van der Waals surface area contributed by atoms with Crippen molar-refractivity contribution in [2.24, 2.45) is 5.92 Å². The summed E-state index contributed by atoms with van der Waals surface area (Å²) in [6.45, 7) is 3.80. The molecule has 0 fully saturated rings.